The fourth-order valence-corrected chi connectivity index (χ4v) is 2.26. The minimum Gasteiger partial charge on any atom is -0.350 e. The van der Waals surface area contributed by atoms with Gasteiger partial charge in [0.05, 0.1) is 10.4 Å². The van der Waals surface area contributed by atoms with Gasteiger partial charge in [0.1, 0.15) is 0 Å². The molecule has 0 N–H and O–H groups in total. The highest BCUT2D eigenvalue weighted by Crippen LogP contribution is 2.28. The zero-order chi connectivity index (χ0) is 11.0. The van der Waals surface area contributed by atoms with Crippen LogP contribution in [0, 0.1) is 0 Å². The Bertz CT molecular complexity index is 533. The van der Waals surface area contributed by atoms with Crippen LogP contribution in [0.3, 0.4) is 0 Å². The van der Waals surface area contributed by atoms with E-state index in [1.807, 2.05) is 29.9 Å². The summed E-state index contributed by atoms with van der Waals surface area (Å²) in [5, 5.41) is 1.78. The average molecular weight is 287 g/mol. The third-order valence-corrected chi connectivity index (χ3v) is 3.21. The van der Waals surface area contributed by atoms with Gasteiger partial charge in [-0.05, 0) is 12.1 Å². The van der Waals surface area contributed by atoms with Crippen LogP contribution in [-0.4, -0.2) is 15.7 Å². The van der Waals surface area contributed by atoms with Gasteiger partial charge in [-0.1, -0.05) is 33.6 Å². The molecule has 2 nitrogen and oxygen atoms in total. The third-order valence-electron chi connectivity index (χ3n) is 2.39. The second-order valence-electron chi connectivity index (χ2n) is 3.34. The maximum Gasteiger partial charge on any atom is 0.175 e. The fourth-order valence-electron chi connectivity index (χ4n) is 1.68. The number of rotatable bonds is 2. The lowest BCUT2D eigenvalue weighted by atomic mass is 10.1. The monoisotopic (exact) mass is 285 g/mol. The summed E-state index contributed by atoms with van der Waals surface area (Å²) >= 11 is 9.26. The molecule has 0 aliphatic carbocycles. The molecule has 2 aromatic rings. The van der Waals surface area contributed by atoms with Crippen molar-refractivity contribution in [2.24, 2.45) is 7.05 Å². The Morgan fingerprint density at radius 2 is 2.27 bits per heavy atom. The van der Waals surface area contributed by atoms with Crippen LogP contribution in [0.15, 0.2) is 24.4 Å². The summed E-state index contributed by atoms with van der Waals surface area (Å²) in [6.07, 6.45) is 1.82. The average Bonchev–Trinajstić information content (AvgIpc) is 2.57. The van der Waals surface area contributed by atoms with Crippen molar-refractivity contribution in [2.75, 3.05) is 5.33 Å². The van der Waals surface area contributed by atoms with E-state index in [2.05, 4.69) is 15.9 Å². The van der Waals surface area contributed by atoms with Crippen LogP contribution in [0.5, 0.6) is 0 Å². The van der Waals surface area contributed by atoms with Crippen LogP contribution in [0.1, 0.15) is 10.4 Å². The van der Waals surface area contributed by atoms with Crippen LogP contribution in [0.2, 0.25) is 5.02 Å². The van der Waals surface area contributed by atoms with E-state index in [0.29, 0.717) is 15.9 Å². The number of hydrogen-bond acceptors (Lipinski definition) is 1. The van der Waals surface area contributed by atoms with Gasteiger partial charge in [0, 0.05) is 29.7 Å². The quantitative estimate of drug-likeness (QED) is 0.612. The molecular weight excluding hydrogens is 277 g/mol. The molecule has 1 heterocycles. The number of benzene rings is 1. The summed E-state index contributed by atoms with van der Waals surface area (Å²) in [5.41, 5.74) is 1.65. The molecule has 0 aliphatic heterocycles. The molecule has 0 unspecified atom stereocenters. The van der Waals surface area contributed by atoms with E-state index in [9.17, 15) is 4.79 Å². The molecule has 0 radical (unpaired) electrons. The maximum absolute atomic E-state index is 11.7. The standard InChI is InChI=1S/C11H9BrClNO/c1-14-6-7(10(15)5-12)11-8(13)3-2-4-9(11)14/h2-4,6H,5H2,1H3. The van der Waals surface area contributed by atoms with Gasteiger partial charge >= 0.3 is 0 Å². The highest BCUT2D eigenvalue weighted by atomic mass is 79.9. The molecule has 0 amide bonds. The normalized spacial score (nSPS) is 10.9. The molecule has 0 saturated carbocycles. The number of Topliss-reactive ketones (excluding diaryl/α,β-unsaturated/α-hetero) is 1. The predicted octanol–water partition coefficient (Wildman–Crippen LogP) is 3.41. The van der Waals surface area contributed by atoms with Crippen molar-refractivity contribution < 1.29 is 4.79 Å². The molecule has 0 aliphatic rings. The number of aromatic nitrogens is 1. The van der Waals surface area contributed by atoms with E-state index < -0.39 is 0 Å². The molecule has 1 aromatic carbocycles. The van der Waals surface area contributed by atoms with Crippen LogP contribution < -0.4 is 0 Å². The van der Waals surface area contributed by atoms with E-state index in [1.165, 1.54) is 0 Å². The molecule has 0 spiro atoms. The topological polar surface area (TPSA) is 22.0 Å². The summed E-state index contributed by atoms with van der Waals surface area (Å²) in [4.78, 5) is 11.7. The van der Waals surface area contributed by atoms with Gasteiger partial charge in [-0.15, -0.1) is 0 Å². The number of halogens is 2. The number of fused-ring (bicyclic) bond motifs is 1. The van der Waals surface area contributed by atoms with E-state index in [0.717, 1.165) is 10.9 Å². The summed E-state index contributed by atoms with van der Waals surface area (Å²) in [6, 6.07) is 5.63. The lowest BCUT2D eigenvalue weighted by molar-refractivity contribution is 0.102. The first-order valence-corrected chi connectivity index (χ1v) is 5.98. The van der Waals surface area contributed by atoms with Crippen LogP contribution in [-0.2, 0) is 7.05 Å². The largest absolute Gasteiger partial charge is 0.350 e. The van der Waals surface area contributed by atoms with Crippen molar-refractivity contribution in [1.29, 1.82) is 0 Å². The Balaban J connectivity index is 2.81. The number of ketones is 1. The SMILES string of the molecule is Cn1cc(C(=O)CBr)c2c(Cl)cccc21. The first kappa shape index (κ1) is 10.7. The summed E-state index contributed by atoms with van der Waals surface area (Å²) in [5.74, 6) is 0.0497. The van der Waals surface area contributed by atoms with E-state index in [4.69, 9.17) is 11.6 Å². The lowest BCUT2D eigenvalue weighted by Crippen LogP contribution is -1.98. The number of alkyl halides is 1. The smallest absolute Gasteiger partial charge is 0.175 e. The molecule has 0 saturated heterocycles. The van der Waals surface area contributed by atoms with Gasteiger partial charge in [0.2, 0.25) is 0 Å². The Kier molecular flexibility index (Phi) is 2.85. The maximum atomic E-state index is 11.7. The van der Waals surface area contributed by atoms with Crippen molar-refractivity contribution in [2.45, 2.75) is 0 Å². The van der Waals surface area contributed by atoms with Crippen LogP contribution >= 0.6 is 27.5 Å². The van der Waals surface area contributed by atoms with E-state index >= 15 is 0 Å². The van der Waals surface area contributed by atoms with E-state index in [1.54, 1.807) is 6.07 Å². The molecule has 0 bridgehead atoms. The van der Waals surface area contributed by atoms with Gasteiger partial charge in [0.15, 0.2) is 5.78 Å². The number of carbonyl (C=O) groups excluding carboxylic acids is 1. The molecule has 2 rings (SSSR count). The van der Waals surface area contributed by atoms with Crippen molar-refractivity contribution in [3.8, 4) is 0 Å². The minimum atomic E-state index is 0.0497. The highest BCUT2D eigenvalue weighted by molar-refractivity contribution is 9.09. The molecular formula is C11H9BrClNO. The second-order valence-corrected chi connectivity index (χ2v) is 4.31. The lowest BCUT2D eigenvalue weighted by Gasteiger charge is -1.97. The highest BCUT2D eigenvalue weighted by Gasteiger charge is 2.14. The van der Waals surface area contributed by atoms with E-state index in [-0.39, 0.29) is 5.78 Å². The van der Waals surface area contributed by atoms with Crippen molar-refractivity contribution in [1.82, 2.24) is 4.57 Å². The summed E-state index contributed by atoms with van der Waals surface area (Å²) < 4.78 is 1.91. The number of aryl methyl sites for hydroxylation is 1. The third kappa shape index (κ3) is 1.70. The number of nitrogens with zero attached hydrogens (tertiary/aromatic N) is 1. The Hall–Kier alpha value is -0.800. The predicted molar refractivity (Wildman–Crippen MR) is 66.1 cm³/mol. The fraction of sp³-hybridized carbons (Fsp3) is 0.182. The number of carbonyl (C=O) groups is 1. The van der Waals surface area contributed by atoms with Gasteiger partial charge in [-0.3, -0.25) is 4.79 Å². The molecule has 78 valence electrons. The molecule has 0 fully saturated rings. The van der Waals surface area contributed by atoms with Crippen LogP contribution in [0.25, 0.3) is 10.9 Å². The molecule has 1 aromatic heterocycles. The first-order valence-electron chi connectivity index (χ1n) is 4.48. The summed E-state index contributed by atoms with van der Waals surface area (Å²) in [7, 11) is 1.91. The minimum absolute atomic E-state index is 0.0497. The zero-order valence-corrected chi connectivity index (χ0v) is 10.5. The Morgan fingerprint density at radius 3 is 2.93 bits per heavy atom. The molecule has 4 heteroatoms. The number of hydrogen-bond donors (Lipinski definition) is 0. The van der Waals surface area contributed by atoms with Gasteiger partial charge in [0.25, 0.3) is 0 Å². The van der Waals surface area contributed by atoms with Crippen molar-refractivity contribution in [3.63, 3.8) is 0 Å². The summed E-state index contributed by atoms with van der Waals surface area (Å²) in [6.45, 7) is 0. The van der Waals surface area contributed by atoms with Gasteiger partial charge in [-0.2, -0.15) is 0 Å². The van der Waals surface area contributed by atoms with Crippen LogP contribution in [0.4, 0.5) is 0 Å². The van der Waals surface area contributed by atoms with Gasteiger partial charge < -0.3 is 4.57 Å². The molecule has 0 atom stereocenters. The Labute approximate surface area is 101 Å². The second kappa shape index (κ2) is 3.99. The van der Waals surface area contributed by atoms with Crippen molar-refractivity contribution >= 4 is 44.2 Å². The molecule has 15 heavy (non-hydrogen) atoms. The van der Waals surface area contributed by atoms with Crippen molar-refractivity contribution in [3.05, 3.63) is 35.0 Å². The van der Waals surface area contributed by atoms with Gasteiger partial charge in [-0.25, -0.2) is 0 Å². The first-order chi connectivity index (χ1) is 7.15. The Morgan fingerprint density at radius 1 is 1.53 bits per heavy atom. The zero-order valence-electron chi connectivity index (χ0n) is 8.13.